The van der Waals surface area contributed by atoms with Gasteiger partial charge in [0, 0.05) is 11.0 Å². The monoisotopic (exact) mass is 584 g/mol. The van der Waals surface area contributed by atoms with Crippen LogP contribution in [-0.2, 0) is 0 Å². The van der Waals surface area contributed by atoms with Crippen molar-refractivity contribution in [2.45, 2.75) is 70.8 Å². The summed E-state index contributed by atoms with van der Waals surface area (Å²) in [6.07, 6.45) is 2.97. The smallest absolute Gasteiger partial charge is 0.170 e. The molecule has 3 aliphatic carbocycles. The predicted octanol–water partition coefficient (Wildman–Crippen LogP) is 8.75. The van der Waals surface area contributed by atoms with Gasteiger partial charge >= 0.3 is 0 Å². The molecule has 214 valence electrons. The molecule has 1 atom stereocenters. The van der Waals surface area contributed by atoms with E-state index in [4.69, 9.17) is 0 Å². The fraction of sp³-hybridized carbons (Fsp3) is 0.359. The van der Waals surface area contributed by atoms with Crippen molar-refractivity contribution in [3.8, 4) is 11.5 Å². The first-order chi connectivity index (χ1) is 19.9. The zero-order chi connectivity index (χ0) is 29.8. The zero-order valence-corrected chi connectivity index (χ0v) is 28.1. The fourth-order valence-corrected chi connectivity index (χ4v) is 14.9. The number of hydrogen-bond donors (Lipinski definition) is 0. The second kappa shape index (κ2) is 10.2. The lowest BCUT2D eigenvalue weighted by molar-refractivity contribution is 0.0468. The van der Waals surface area contributed by atoms with Crippen LogP contribution in [0.15, 0.2) is 103 Å². The molecule has 0 N–H and O–H groups in total. The van der Waals surface area contributed by atoms with E-state index in [1.165, 1.54) is 15.8 Å². The van der Waals surface area contributed by atoms with Crippen LogP contribution in [-0.4, -0.2) is 21.9 Å². The molecule has 0 saturated heterocycles. The Kier molecular flexibility index (Phi) is 7.03. The van der Waals surface area contributed by atoms with E-state index in [-0.39, 0.29) is 10.5 Å². The average Bonchev–Trinajstić information content (AvgIpc) is 3.44. The molecule has 3 heteroatoms. The van der Waals surface area contributed by atoms with Crippen LogP contribution in [0.5, 0.6) is 0 Å². The number of carbonyl (C=O) groups excluding carboxylic acids is 1. The standard InChI is InChI=1S/C39H44OSi2/c1-37(2,3)42(34-17-9-7-10-18-34,35-19-11-8-12-20-35)29-38(23-24-41(4,5)6)26-30-27-39(38,28-30)36(40)33-22-21-31-15-13-14-16-32(31)25-33/h7-22,25,30H,26-29H2,1-6H3/t30?,38-,39?/m0/s1. The fourth-order valence-electron chi connectivity index (χ4n) is 8.32. The first kappa shape index (κ1) is 28.9. The molecule has 7 rings (SSSR count). The van der Waals surface area contributed by atoms with Crippen molar-refractivity contribution in [1.82, 2.24) is 0 Å². The van der Waals surface area contributed by atoms with Gasteiger partial charge in [-0.05, 0) is 53.1 Å². The third-order valence-electron chi connectivity index (χ3n) is 10.3. The van der Waals surface area contributed by atoms with Gasteiger partial charge in [0.1, 0.15) is 16.1 Å². The Hall–Kier alpha value is -3.20. The van der Waals surface area contributed by atoms with E-state index in [1.54, 1.807) is 0 Å². The molecular formula is C39H44OSi2. The highest BCUT2D eigenvalue weighted by Gasteiger charge is 2.71. The molecule has 0 aliphatic heterocycles. The van der Waals surface area contributed by atoms with Crippen LogP contribution in [0.1, 0.15) is 50.4 Å². The van der Waals surface area contributed by atoms with E-state index in [2.05, 4.69) is 155 Å². The minimum Gasteiger partial charge on any atom is -0.293 e. The van der Waals surface area contributed by atoms with Gasteiger partial charge in [-0.15, -0.1) is 11.5 Å². The summed E-state index contributed by atoms with van der Waals surface area (Å²) in [5.74, 6) is 4.94. The van der Waals surface area contributed by atoms with Crippen LogP contribution in [0.2, 0.25) is 30.7 Å². The third-order valence-corrected chi connectivity index (χ3v) is 17.5. The maximum Gasteiger partial charge on any atom is 0.170 e. The van der Waals surface area contributed by atoms with Crippen molar-refractivity contribution in [2.24, 2.45) is 16.7 Å². The van der Waals surface area contributed by atoms with E-state index < -0.39 is 21.6 Å². The topological polar surface area (TPSA) is 17.1 Å². The summed E-state index contributed by atoms with van der Waals surface area (Å²) in [7, 11) is -4.18. The first-order valence-electron chi connectivity index (χ1n) is 15.6. The highest BCUT2D eigenvalue weighted by Crippen LogP contribution is 2.72. The molecule has 1 nitrogen and oxygen atoms in total. The predicted molar refractivity (Wildman–Crippen MR) is 184 cm³/mol. The Morgan fingerprint density at radius 2 is 1.31 bits per heavy atom. The average molecular weight is 585 g/mol. The molecule has 4 aromatic rings. The number of ketones is 1. The van der Waals surface area contributed by atoms with Crippen LogP contribution in [0, 0.1) is 28.2 Å². The number of rotatable bonds is 6. The van der Waals surface area contributed by atoms with Crippen LogP contribution < -0.4 is 10.4 Å². The number of hydrogen-bond acceptors (Lipinski definition) is 1. The van der Waals surface area contributed by atoms with Crippen LogP contribution >= 0.6 is 0 Å². The van der Waals surface area contributed by atoms with Gasteiger partial charge < -0.3 is 0 Å². The molecule has 0 amide bonds. The lowest BCUT2D eigenvalue weighted by Gasteiger charge is -2.52. The summed E-state index contributed by atoms with van der Waals surface area (Å²) in [6.45, 7) is 14.3. The summed E-state index contributed by atoms with van der Waals surface area (Å²) in [5, 5.41) is 5.25. The second-order valence-electron chi connectivity index (χ2n) is 15.1. The highest BCUT2D eigenvalue weighted by atomic mass is 28.3. The Labute approximate surface area is 254 Å². The largest absolute Gasteiger partial charge is 0.293 e. The SMILES string of the molecule is CC(C)(C)[Si](C[C@]1(C#C[Si](C)(C)C)CC2CC1(C(=O)c1ccc3ccccc3c1)C2)(c1ccccc1)c1ccccc1. The Bertz CT molecular complexity index is 1640. The molecule has 3 fully saturated rings. The molecular weight excluding hydrogens is 541 g/mol. The molecule has 3 saturated carbocycles. The molecule has 4 aromatic carbocycles. The van der Waals surface area contributed by atoms with Crippen molar-refractivity contribution < 1.29 is 4.79 Å². The summed E-state index contributed by atoms with van der Waals surface area (Å²) >= 11 is 0. The third kappa shape index (κ3) is 4.64. The Morgan fingerprint density at radius 1 is 0.762 bits per heavy atom. The summed E-state index contributed by atoms with van der Waals surface area (Å²) in [4.78, 5) is 15.0. The van der Waals surface area contributed by atoms with Crippen LogP contribution in [0.4, 0.5) is 0 Å². The molecule has 0 radical (unpaired) electrons. The minimum atomic E-state index is -2.47. The molecule has 2 bridgehead atoms. The zero-order valence-electron chi connectivity index (χ0n) is 26.1. The van der Waals surface area contributed by atoms with Gasteiger partial charge in [0.2, 0.25) is 0 Å². The molecule has 42 heavy (non-hydrogen) atoms. The lowest BCUT2D eigenvalue weighted by atomic mass is 9.57. The first-order valence-corrected chi connectivity index (χ1v) is 21.3. The van der Waals surface area contributed by atoms with Gasteiger partial charge in [0.25, 0.3) is 0 Å². The van der Waals surface area contributed by atoms with Gasteiger partial charge in [0.15, 0.2) is 5.78 Å². The van der Waals surface area contributed by atoms with E-state index in [0.29, 0.717) is 11.7 Å². The van der Waals surface area contributed by atoms with Crippen molar-refractivity contribution >= 4 is 43.1 Å². The van der Waals surface area contributed by atoms with E-state index in [9.17, 15) is 4.79 Å². The van der Waals surface area contributed by atoms with E-state index in [0.717, 1.165) is 36.3 Å². The quantitative estimate of drug-likeness (QED) is 0.126. The van der Waals surface area contributed by atoms with Crippen molar-refractivity contribution in [3.63, 3.8) is 0 Å². The van der Waals surface area contributed by atoms with Gasteiger partial charge in [0.05, 0.1) is 5.41 Å². The molecule has 0 heterocycles. The van der Waals surface area contributed by atoms with Gasteiger partial charge in [-0.2, -0.15) is 0 Å². The molecule has 0 spiro atoms. The van der Waals surface area contributed by atoms with E-state index in [1.807, 2.05) is 0 Å². The number of carbonyl (C=O) groups is 1. The highest BCUT2D eigenvalue weighted by molar-refractivity contribution is 7.04. The van der Waals surface area contributed by atoms with Crippen molar-refractivity contribution in [2.75, 3.05) is 0 Å². The number of benzene rings is 4. The van der Waals surface area contributed by atoms with Gasteiger partial charge in [-0.25, -0.2) is 0 Å². The summed E-state index contributed by atoms with van der Waals surface area (Å²) in [5.41, 5.74) is 3.94. The normalized spacial score (nSPS) is 23.6. The Balaban J connectivity index is 1.58. The van der Waals surface area contributed by atoms with Crippen LogP contribution in [0.25, 0.3) is 10.8 Å². The maximum absolute atomic E-state index is 15.0. The number of fused-ring (bicyclic) bond motifs is 2. The lowest BCUT2D eigenvalue weighted by Crippen LogP contribution is -2.67. The maximum atomic E-state index is 15.0. The van der Waals surface area contributed by atoms with Gasteiger partial charge in [-0.1, -0.05) is 148 Å². The molecule has 0 unspecified atom stereocenters. The summed E-state index contributed by atoms with van der Waals surface area (Å²) in [6, 6.07) is 38.2. The second-order valence-corrected chi connectivity index (χ2v) is 24.7. The summed E-state index contributed by atoms with van der Waals surface area (Å²) < 4.78 is 0. The van der Waals surface area contributed by atoms with Crippen LogP contribution in [0.3, 0.4) is 0 Å². The number of Topliss-reactive ketones (excluding diaryl/α,β-unsaturated/α-hetero) is 1. The Morgan fingerprint density at radius 3 is 1.86 bits per heavy atom. The molecule has 0 aromatic heterocycles. The van der Waals surface area contributed by atoms with Crippen molar-refractivity contribution in [1.29, 1.82) is 0 Å². The van der Waals surface area contributed by atoms with E-state index >= 15 is 0 Å². The minimum absolute atomic E-state index is 0.0176. The van der Waals surface area contributed by atoms with Gasteiger partial charge in [-0.3, -0.25) is 4.79 Å². The molecule has 3 aliphatic rings. The van der Waals surface area contributed by atoms with Crippen molar-refractivity contribution in [3.05, 3.63) is 109 Å².